The first kappa shape index (κ1) is 15.4. The summed E-state index contributed by atoms with van der Waals surface area (Å²) in [6.07, 6.45) is 2.70. The van der Waals surface area contributed by atoms with E-state index in [1.165, 1.54) is 18.2 Å². The summed E-state index contributed by atoms with van der Waals surface area (Å²) >= 11 is 3.15. The van der Waals surface area contributed by atoms with Gasteiger partial charge in [-0.25, -0.2) is 13.1 Å². The van der Waals surface area contributed by atoms with Gasteiger partial charge in [0, 0.05) is 16.6 Å². The number of halogens is 1. The molecule has 1 aromatic rings. The summed E-state index contributed by atoms with van der Waals surface area (Å²) in [7, 11) is -3.90. The molecule has 1 fully saturated rings. The third-order valence-corrected chi connectivity index (χ3v) is 5.59. The minimum atomic E-state index is -3.90. The van der Waals surface area contributed by atoms with Crippen LogP contribution < -0.4 is 4.72 Å². The van der Waals surface area contributed by atoms with Gasteiger partial charge in [-0.05, 0) is 30.9 Å². The lowest BCUT2D eigenvalue weighted by Gasteiger charge is -2.17. The van der Waals surface area contributed by atoms with Gasteiger partial charge in [-0.15, -0.1) is 0 Å². The zero-order valence-electron chi connectivity index (χ0n) is 10.9. The highest BCUT2D eigenvalue weighted by Crippen LogP contribution is 2.30. The summed E-state index contributed by atoms with van der Waals surface area (Å²) in [5.74, 6) is 0.246. The molecule has 1 N–H and O–H groups in total. The Balaban J connectivity index is 2.38. The quantitative estimate of drug-likeness (QED) is 0.658. The molecular weight excluding hydrogens is 348 g/mol. The molecule has 0 aliphatic heterocycles. The van der Waals surface area contributed by atoms with Crippen molar-refractivity contribution in [2.45, 2.75) is 37.1 Å². The van der Waals surface area contributed by atoms with Crippen molar-refractivity contribution in [3.63, 3.8) is 0 Å². The van der Waals surface area contributed by atoms with Gasteiger partial charge in [-0.3, -0.25) is 10.1 Å². The van der Waals surface area contributed by atoms with Crippen LogP contribution in [0.3, 0.4) is 0 Å². The Morgan fingerprint density at radius 1 is 1.40 bits per heavy atom. The van der Waals surface area contributed by atoms with Crippen molar-refractivity contribution in [3.05, 3.63) is 32.8 Å². The predicted octanol–water partition coefficient (Wildman–Crippen LogP) is 2.82. The number of hydrogen-bond donors (Lipinski definition) is 1. The summed E-state index contributed by atoms with van der Waals surface area (Å²) in [4.78, 5) is 10.0. The third-order valence-electron chi connectivity index (χ3n) is 3.58. The standard InChI is InChI=1S/C12H15BrN2O4S/c1-8-3-2-4-10(8)14-20(18,19)12-7-9(13)5-6-11(12)15(16)17/h5-8,10,14H,2-4H2,1H3. The maximum absolute atomic E-state index is 12.4. The minimum Gasteiger partial charge on any atom is -0.258 e. The molecule has 0 radical (unpaired) electrons. The van der Waals surface area contributed by atoms with Crippen LogP contribution in [0, 0.1) is 16.0 Å². The molecule has 20 heavy (non-hydrogen) atoms. The fourth-order valence-corrected chi connectivity index (χ4v) is 4.53. The zero-order valence-corrected chi connectivity index (χ0v) is 13.3. The highest BCUT2D eigenvalue weighted by atomic mass is 79.9. The summed E-state index contributed by atoms with van der Waals surface area (Å²) < 4.78 is 27.8. The van der Waals surface area contributed by atoms with E-state index < -0.39 is 20.6 Å². The summed E-state index contributed by atoms with van der Waals surface area (Å²) in [6.45, 7) is 1.98. The van der Waals surface area contributed by atoms with Crippen molar-refractivity contribution < 1.29 is 13.3 Å². The van der Waals surface area contributed by atoms with Crippen LogP contribution in [0.4, 0.5) is 5.69 Å². The number of nitro benzene ring substituents is 1. The molecular formula is C12H15BrN2O4S. The first-order valence-electron chi connectivity index (χ1n) is 6.27. The lowest BCUT2D eigenvalue weighted by molar-refractivity contribution is -0.387. The molecule has 2 rings (SSSR count). The van der Waals surface area contributed by atoms with Crippen molar-refractivity contribution in [2.24, 2.45) is 5.92 Å². The van der Waals surface area contributed by atoms with Crippen molar-refractivity contribution in [3.8, 4) is 0 Å². The fraction of sp³-hybridized carbons (Fsp3) is 0.500. The van der Waals surface area contributed by atoms with E-state index in [1.807, 2.05) is 6.92 Å². The van der Waals surface area contributed by atoms with Crippen LogP contribution in [0.5, 0.6) is 0 Å². The van der Waals surface area contributed by atoms with Crippen LogP contribution in [0.25, 0.3) is 0 Å². The molecule has 1 saturated carbocycles. The molecule has 0 spiro atoms. The number of rotatable bonds is 4. The Morgan fingerprint density at radius 2 is 2.10 bits per heavy atom. The zero-order chi connectivity index (χ0) is 14.9. The molecule has 6 nitrogen and oxygen atoms in total. The molecule has 0 bridgehead atoms. The van der Waals surface area contributed by atoms with Gasteiger partial charge >= 0.3 is 0 Å². The first-order chi connectivity index (χ1) is 9.31. The van der Waals surface area contributed by atoms with E-state index in [1.54, 1.807) is 0 Å². The number of benzene rings is 1. The highest BCUT2D eigenvalue weighted by molar-refractivity contribution is 9.10. The van der Waals surface area contributed by atoms with Crippen LogP contribution in [0.2, 0.25) is 0 Å². The van der Waals surface area contributed by atoms with Gasteiger partial charge in [-0.1, -0.05) is 29.3 Å². The summed E-state index contributed by atoms with van der Waals surface area (Å²) in [5.41, 5.74) is -0.411. The van der Waals surface area contributed by atoms with E-state index in [4.69, 9.17) is 0 Å². The fourth-order valence-electron chi connectivity index (χ4n) is 2.44. The summed E-state index contributed by atoms with van der Waals surface area (Å²) in [6, 6.07) is 3.75. The number of hydrogen-bond acceptors (Lipinski definition) is 4. The Morgan fingerprint density at radius 3 is 2.65 bits per heavy atom. The van der Waals surface area contributed by atoms with Gasteiger partial charge in [-0.2, -0.15) is 0 Å². The van der Waals surface area contributed by atoms with Gasteiger partial charge in [0.25, 0.3) is 5.69 Å². The van der Waals surface area contributed by atoms with E-state index >= 15 is 0 Å². The average Bonchev–Trinajstić information content (AvgIpc) is 2.74. The van der Waals surface area contributed by atoms with Crippen molar-refractivity contribution in [1.29, 1.82) is 0 Å². The van der Waals surface area contributed by atoms with Gasteiger partial charge in [0.15, 0.2) is 4.90 Å². The normalized spacial score (nSPS) is 22.9. The Kier molecular flexibility index (Phi) is 4.46. The molecule has 0 heterocycles. The lowest BCUT2D eigenvalue weighted by Crippen LogP contribution is -2.36. The molecule has 0 aromatic heterocycles. The van der Waals surface area contributed by atoms with Crippen LogP contribution in [-0.2, 0) is 10.0 Å². The summed E-state index contributed by atoms with van der Waals surface area (Å²) in [5, 5.41) is 11.0. The molecule has 0 amide bonds. The van der Waals surface area contributed by atoms with Gasteiger partial charge < -0.3 is 0 Å². The van der Waals surface area contributed by atoms with Crippen LogP contribution in [0.1, 0.15) is 26.2 Å². The second-order valence-corrected chi connectivity index (χ2v) is 7.60. The maximum atomic E-state index is 12.4. The third kappa shape index (κ3) is 3.18. The van der Waals surface area contributed by atoms with E-state index in [9.17, 15) is 18.5 Å². The number of nitro groups is 1. The Bertz CT molecular complexity index is 632. The number of nitrogens with zero attached hydrogens (tertiary/aromatic N) is 1. The van der Waals surface area contributed by atoms with Gasteiger partial charge in [0.1, 0.15) is 0 Å². The predicted molar refractivity (Wildman–Crippen MR) is 77.9 cm³/mol. The second-order valence-electron chi connectivity index (χ2n) is 5.01. The topological polar surface area (TPSA) is 89.3 Å². The van der Waals surface area contributed by atoms with Crippen LogP contribution in [-0.4, -0.2) is 19.4 Å². The molecule has 2 atom stereocenters. The van der Waals surface area contributed by atoms with Crippen LogP contribution in [0.15, 0.2) is 27.6 Å². The lowest BCUT2D eigenvalue weighted by atomic mass is 10.1. The monoisotopic (exact) mass is 362 g/mol. The largest absolute Gasteiger partial charge is 0.289 e. The number of nitrogens with one attached hydrogen (secondary N) is 1. The van der Waals surface area contributed by atoms with Crippen molar-refractivity contribution in [1.82, 2.24) is 4.72 Å². The molecule has 1 aromatic carbocycles. The minimum absolute atomic E-state index is 0.154. The maximum Gasteiger partial charge on any atom is 0.289 e. The number of sulfonamides is 1. The van der Waals surface area contributed by atoms with Crippen molar-refractivity contribution >= 4 is 31.6 Å². The van der Waals surface area contributed by atoms with E-state index in [0.29, 0.717) is 4.47 Å². The van der Waals surface area contributed by atoms with E-state index in [0.717, 1.165) is 19.3 Å². The van der Waals surface area contributed by atoms with Crippen molar-refractivity contribution in [2.75, 3.05) is 0 Å². The van der Waals surface area contributed by atoms with Gasteiger partial charge in [0.05, 0.1) is 4.92 Å². The molecule has 8 heteroatoms. The SMILES string of the molecule is CC1CCCC1NS(=O)(=O)c1cc(Br)ccc1[N+](=O)[O-]. The van der Waals surface area contributed by atoms with Crippen LogP contribution >= 0.6 is 15.9 Å². The average molecular weight is 363 g/mol. The Labute approximate surface area is 125 Å². The Hall–Kier alpha value is -0.990. The smallest absolute Gasteiger partial charge is 0.258 e. The molecule has 0 saturated heterocycles. The van der Waals surface area contributed by atoms with E-state index in [-0.39, 0.29) is 16.9 Å². The highest BCUT2D eigenvalue weighted by Gasteiger charge is 2.32. The second kappa shape index (κ2) is 5.79. The molecule has 1 aliphatic carbocycles. The van der Waals surface area contributed by atoms with E-state index in [2.05, 4.69) is 20.7 Å². The first-order valence-corrected chi connectivity index (χ1v) is 8.55. The molecule has 1 aliphatic rings. The van der Waals surface area contributed by atoms with Gasteiger partial charge in [0.2, 0.25) is 10.0 Å². The molecule has 110 valence electrons. The molecule has 2 unspecified atom stereocenters.